The second kappa shape index (κ2) is 3.10. The van der Waals surface area contributed by atoms with Gasteiger partial charge in [-0.05, 0) is 23.7 Å². The molecule has 0 spiro atoms. The van der Waals surface area contributed by atoms with Crippen molar-refractivity contribution in [3.8, 4) is 0 Å². The van der Waals surface area contributed by atoms with Gasteiger partial charge in [0.25, 0.3) is 0 Å². The number of nitrogens with one attached hydrogen (secondary N) is 1. The first-order valence-electron chi connectivity index (χ1n) is 3.80. The monoisotopic (exact) mass is 238 g/mol. The molecule has 15 heavy (non-hydrogen) atoms. The predicted molar refractivity (Wildman–Crippen MR) is 46.1 cm³/mol. The number of H-pyrrole nitrogens is 1. The number of rotatable bonds is 0. The summed E-state index contributed by atoms with van der Waals surface area (Å²) in [6.07, 6.45) is -4.65. The molecule has 1 aromatic heterocycles. The lowest BCUT2D eigenvalue weighted by atomic mass is 10.1. The van der Waals surface area contributed by atoms with Crippen LogP contribution in [-0.2, 0) is 6.18 Å². The summed E-state index contributed by atoms with van der Waals surface area (Å²) in [7, 11) is 0. The average molecular weight is 239 g/mol. The van der Waals surface area contributed by atoms with E-state index >= 15 is 0 Å². The van der Waals surface area contributed by atoms with Crippen LogP contribution in [0.15, 0.2) is 12.1 Å². The fraction of sp³-hybridized carbons (Fsp3) is 0.125. The van der Waals surface area contributed by atoms with Gasteiger partial charge in [-0.2, -0.15) is 13.2 Å². The molecule has 80 valence electrons. The van der Waals surface area contributed by atoms with Crippen molar-refractivity contribution in [2.45, 2.75) is 6.18 Å². The summed E-state index contributed by atoms with van der Waals surface area (Å²) in [6.45, 7) is 0. The first-order valence-corrected chi connectivity index (χ1v) is 4.17. The maximum Gasteiger partial charge on any atom is 0.418 e. The molecule has 0 fully saturated rings. The van der Waals surface area contributed by atoms with E-state index in [1.165, 1.54) is 0 Å². The minimum absolute atomic E-state index is 0.0766. The Hall–Kier alpha value is -1.30. The van der Waals surface area contributed by atoms with Gasteiger partial charge in [0.1, 0.15) is 11.3 Å². The third-order valence-corrected chi connectivity index (χ3v) is 2.01. The van der Waals surface area contributed by atoms with Gasteiger partial charge in [0.2, 0.25) is 5.28 Å². The van der Waals surface area contributed by atoms with Crippen LogP contribution in [0.4, 0.5) is 17.6 Å². The molecular formula is C8H3ClF4N2. The summed E-state index contributed by atoms with van der Waals surface area (Å²) < 4.78 is 50.2. The highest BCUT2D eigenvalue weighted by Crippen LogP contribution is 2.34. The van der Waals surface area contributed by atoms with Crippen LogP contribution in [0.5, 0.6) is 0 Å². The molecule has 0 aliphatic carbocycles. The summed E-state index contributed by atoms with van der Waals surface area (Å²) in [5.74, 6) is -0.991. The highest BCUT2D eigenvalue weighted by molar-refractivity contribution is 6.29. The second-order valence-electron chi connectivity index (χ2n) is 2.87. The number of fused-ring (bicyclic) bond motifs is 1. The zero-order valence-corrected chi connectivity index (χ0v) is 7.75. The van der Waals surface area contributed by atoms with E-state index in [1.54, 1.807) is 0 Å². The Kier molecular flexibility index (Phi) is 2.11. The van der Waals surface area contributed by atoms with Gasteiger partial charge in [0, 0.05) is 0 Å². The summed E-state index contributed by atoms with van der Waals surface area (Å²) in [5.41, 5.74) is -1.60. The van der Waals surface area contributed by atoms with E-state index in [2.05, 4.69) is 9.97 Å². The van der Waals surface area contributed by atoms with Crippen LogP contribution in [0, 0.1) is 5.82 Å². The van der Waals surface area contributed by atoms with Gasteiger partial charge in [-0.1, -0.05) is 0 Å². The Balaban J connectivity index is 2.82. The van der Waals surface area contributed by atoms with E-state index < -0.39 is 17.6 Å². The fourth-order valence-corrected chi connectivity index (χ4v) is 1.45. The van der Waals surface area contributed by atoms with Crippen LogP contribution >= 0.6 is 11.6 Å². The van der Waals surface area contributed by atoms with Gasteiger partial charge in [-0.15, -0.1) is 0 Å². The van der Waals surface area contributed by atoms with Crippen LogP contribution in [0.3, 0.4) is 0 Å². The van der Waals surface area contributed by atoms with Gasteiger partial charge in [-0.25, -0.2) is 9.37 Å². The lowest BCUT2D eigenvalue weighted by molar-refractivity contribution is -0.136. The van der Waals surface area contributed by atoms with Crippen LogP contribution in [-0.4, -0.2) is 9.97 Å². The van der Waals surface area contributed by atoms with Crippen molar-refractivity contribution in [2.75, 3.05) is 0 Å². The maximum atomic E-state index is 12.8. The first-order chi connectivity index (χ1) is 6.88. The SMILES string of the molecule is Fc1cc(C(F)(F)F)c2nc(Cl)[nH]c2c1. The minimum atomic E-state index is -4.65. The summed E-state index contributed by atoms with van der Waals surface area (Å²) in [4.78, 5) is 5.77. The number of hydrogen-bond donors (Lipinski definition) is 1. The largest absolute Gasteiger partial charge is 0.418 e. The van der Waals surface area contributed by atoms with E-state index in [4.69, 9.17) is 11.6 Å². The number of nitrogens with zero attached hydrogens (tertiary/aromatic N) is 1. The molecule has 2 nitrogen and oxygen atoms in total. The zero-order valence-electron chi connectivity index (χ0n) is 6.99. The van der Waals surface area contributed by atoms with Crippen LogP contribution in [0.2, 0.25) is 5.28 Å². The minimum Gasteiger partial charge on any atom is -0.328 e. The molecular weight excluding hydrogens is 236 g/mol. The molecule has 0 unspecified atom stereocenters. The maximum absolute atomic E-state index is 12.8. The Morgan fingerprint density at radius 2 is 1.93 bits per heavy atom. The van der Waals surface area contributed by atoms with Crippen molar-refractivity contribution in [2.24, 2.45) is 0 Å². The van der Waals surface area contributed by atoms with E-state index in [9.17, 15) is 17.6 Å². The van der Waals surface area contributed by atoms with Crippen LogP contribution in [0.25, 0.3) is 11.0 Å². The molecule has 7 heteroatoms. The molecule has 0 aliphatic rings. The highest BCUT2D eigenvalue weighted by Gasteiger charge is 2.34. The summed E-state index contributed by atoms with van der Waals surface area (Å²) in [6, 6.07) is 1.29. The molecule has 0 bridgehead atoms. The smallest absolute Gasteiger partial charge is 0.328 e. The molecule has 0 saturated heterocycles. The second-order valence-corrected chi connectivity index (χ2v) is 3.23. The molecule has 0 amide bonds. The quantitative estimate of drug-likeness (QED) is 0.701. The molecule has 0 radical (unpaired) electrons. The fourth-order valence-electron chi connectivity index (χ4n) is 1.27. The van der Waals surface area contributed by atoms with E-state index in [0.29, 0.717) is 6.07 Å². The number of alkyl halides is 3. The molecule has 2 rings (SSSR count). The molecule has 0 saturated carbocycles. The lowest BCUT2D eigenvalue weighted by Crippen LogP contribution is -2.06. The number of halogens is 5. The number of aromatic nitrogens is 2. The Morgan fingerprint density at radius 3 is 2.53 bits per heavy atom. The molecule has 2 aromatic rings. The topological polar surface area (TPSA) is 28.7 Å². The van der Waals surface area contributed by atoms with Crippen molar-refractivity contribution < 1.29 is 17.6 Å². The average Bonchev–Trinajstić information content (AvgIpc) is 2.41. The van der Waals surface area contributed by atoms with E-state index in [-0.39, 0.29) is 16.3 Å². The van der Waals surface area contributed by atoms with Gasteiger partial charge >= 0.3 is 6.18 Å². The molecule has 0 aliphatic heterocycles. The van der Waals surface area contributed by atoms with Gasteiger partial charge in [-0.3, -0.25) is 0 Å². The molecule has 1 N–H and O–H groups in total. The van der Waals surface area contributed by atoms with Crippen LogP contribution < -0.4 is 0 Å². The molecule has 1 aromatic carbocycles. The Bertz CT molecular complexity index is 517. The third kappa shape index (κ3) is 1.77. The van der Waals surface area contributed by atoms with Crippen molar-refractivity contribution in [3.05, 3.63) is 28.8 Å². The van der Waals surface area contributed by atoms with Crippen molar-refractivity contribution >= 4 is 22.6 Å². The first kappa shape index (κ1) is 10.2. The standard InChI is InChI=1S/C8H3ClF4N2/c9-7-14-5-2-3(10)1-4(6(5)15-7)8(11,12)13/h1-2H,(H,14,15). The predicted octanol–water partition coefficient (Wildman–Crippen LogP) is 3.37. The van der Waals surface area contributed by atoms with Gasteiger partial charge in [0.05, 0.1) is 11.1 Å². The number of benzene rings is 1. The Labute approximate surface area is 85.9 Å². The molecule has 1 heterocycles. The van der Waals surface area contributed by atoms with E-state index in [0.717, 1.165) is 6.07 Å². The number of imidazole rings is 1. The van der Waals surface area contributed by atoms with Gasteiger partial charge in [0.15, 0.2) is 0 Å². The number of hydrogen-bond acceptors (Lipinski definition) is 1. The lowest BCUT2D eigenvalue weighted by Gasteiger charge is -2.06. The van der Waals surface area contributed by atoms with Crippen LogP contribution in [0.1, 0.15) is 5.56 Å². The molecule has 0 atom stereocenters. The third-order valence-electron chi connectivity index (χ3n) is 1.83. The van der Waals surface area contributed by atoms with Crippen molar-refractivity contribution in [1.82, 2.24) is 9.97 Å². The van der Waals surface area contributed by atoms with E-state index in [1.807, 2.05) is 0 Å². The summed E-state index contributed by atoms with van der Waals surface area (Å²) >= 11 is 5.40. The number of aromatic amines is 1. The van der Waals surface area contributed by atoms with Crippen molar-refractivity contribution in [3.63, 3.8) is 0 Å². The zero-order chi connectivity index (χ0) is 11.2. The normalized spacial score (nSPS) is 12.3. The highest BCUT2D eigenvalue weighted by atomic mass is 35.5. The summed E-state index contributed by atoms with van der Waals surface area (Å²) in [5, 5.41) is -0.207. The van der Waals surface area contributed by atoms with Gasteiger partial charge < -0.3 is 4.98 Å². The Morgan fingerprint density at radius 1 is 1.27 bits per heavy atom. The van der Waals surface area contributed by atoms with Crippen molar-refractivity contribution in [1.29, 1.82) is 0 Å².